The lowest BCUT2D eigenvalue weighted by Crippen LogP contribution is -2.22. The maximum atomic E-state index is 4.27. The van der Waals surface area contributed by atoms with E-state index >= 15 is 0 Å². The Hall–Kier alpha value is -1.09. The second-order valence-corrected chi connectivity index (χ2v) is 4.38. The van der Waals surface area contributed by atoms with Crippen LogP contribution in [0.4, 0.5) is 5.82 Å². The molecule has 0 bridgehead atoms. The van der Waals surface area contributed by atoms with E-state index in [1.165, 1.54) is 5.56 Å². The standard InChI is InChI=1S/C12H21N3/c1-9(2)14-8-11-5-6-13-12(7-11)15-10(3)4/h5-7,9-10,14H,8H2,1-4H3,(H,13,15). The number of rotatable bonds is 5. The molecular formula is C12H21N3. The molecule has 3 heteroatoms. The molecule has 15 heavy (non-hydrogen) atoms. The van der Waals surface area contributed by atoms with Gasteiger partial charge in [-0.25, -0.2) is 4.98 Å². The summed E-state index contributed by atoms with van der Waals surface area (Å²) in [4.78, 5) is 4.27. The first-order valence-corrected chi connectivity index (χ1v) is 5.53. The third kappa shape index (κ3) is 4.79. The fourth-order valence-electron chi connectivity index (χ4n) is 1.28. The predicted octanol–water partition coefficient (Wildman–Crippen LogP) is 2.40. The van der Waals surface area contributed by atoms with Crippen molar-refractivity contribution in [3.63, 3.8) is 0 Å². The van der Waals surface area contributed by atoms with Crippen molar-refractivity contribution in [1.82, 2.24) is 10.3 Å². The van der Waals surface area contributed by atoms with Gasteiger partial charge in [-0.1, -0.05) is 13.8 Å². The molecule has 0 fully saturated rings. The van der Waals surface area contributed by atoms with E-state index in [2.05, 4.69) is 49.4 Å². The molecule has 0 aliphatic heterocycles. The quantitative estimate of drug-likeness (QED) is 0.778. The third-order valence-electron chi connectivity index (χ3n) is 1.98. The fourth-order valence-corrected chi connectivity index (χ4v) is 1.28. The summed E-state index contributed by atoms with van der Waals surface area (Å²) in [6.45, 7) is 9.41. The van der Waals surface area contributed by atoms with Gasteiger partial charge in [-0.2, -0.15) is 0 Å². The van der Waals surface area contributed by atoms with Gasteiger partial charge in [-0.3, -0.25) is 0 Å². The zero-order valence-electron chi connectivity index (χ0n) is 10.0. The molecule has 0 atom stereocenters. The minimum absolute atomic E-state index is 0.422. The summed E-state index contributed by atoms with van der Waals surface area (Å²) in [6, 6.07) is 5.07. The van der Waals surface area contributed by atoms with E-state index in [4.69, 9.17) is 0 Å². The van der Waals surface area contributed by atoms with Gasteiger partial charge in [0.05, 0.1) is 0 Å². The van der Waals surface area contributed by atoms with Gasteiger partial charge in [0.2, 0.25) is 0 Å². The highest BCUT2D eigenvalue weighted by Gasteiger charge is 1.99. The lowest BCUT2D eigenvalue weighted by atomic mass is 10.2. The second-order valence-electron chi connectivity index (χ2n) is 4.38. The molecule has 0 aliphatic carbocycles. The summed E-state index contributed by atoms with van der Waals surface area (Å²) >= 11 is 0. The van der Waals surface area contributed by atoms with Crippen LogP contribution in [-0.2, 0) is 6.54 Å². The number of anilines is 1. The first kappa shape index (κ1) is 12.0. The van der Waals surface area contributed by atoms with Gasteiger partial charge in [0, 0.05) is 24.8 Å². The van der Waals surface area contributed by atoms with Crippen molar-refractivity contribution >= 4 is 5.82 Å². The van der Waals surface area contributed by atoms with Crippen molar-refractivity contribution in [2.75, 3.05) is 5.32 Å². The maximum Gasteiger partial charge on any atom is 0.126 e. The first-order chi connectivity index (χ1) is 7.08. The SMILES string of the molecule is CC(C)NCc1ccnc(NC(C)C)c1. The average Bonchev–Trinajstić information content (AvgIpc) is 2.14. The van der Waals surface area contributed by atoms with E-state index in [1.807, 2.05) is 12.3 Å². The zero-order chi connectivity index (χ0) is 11.3. The van der Waals surface area contributed by atoms with Crippen LogP contribution in [0, 0.1) is 0 Å². The summed E-state index contributed by atoms with van der Waals surface area (Å²) < 4.78 is 0. The Bertz CT molecular complexity index is 295. The molecule has 0 unspecified atom stereocenters. The minimum Gasteiger partial charge on any atom is -0.368 e. The fraction of sp³-hybridized carbons (Fsp3) is 0.583. The molecule has 0 aromatic carbocycles. The Kier molecular flexibility index (Phi) is 4.56. The molecule has 0 aliphatic rings. The molecule has 0 radical (unpaired) electrons. The summed E-state index contributed by atoms with van der Waals surface area (Å²) in [5.41, 5.74) is 1.27. The van der Waals surface area contributed by atoms with Gasteiger partial charge in [0.15, 0.2) is 0 Å². The van der Waals surface area contributed by atoms with E-state index in [0.717, 1.165) is 12.4 Å². The molecule has 0 saturated heterocycles. The van der Waals surface area contributed by atoms with Crippen molar-refractivity contribution in [3.05, 3.63) is 23.9 Å². The number of hydrogen-bond donors (Lipinski definition) is 2. The number of hydrogen-bond acceptors (Lipinski definition) is 3. The molecule has 1 heterocycles. The van der Waals surface area contributed by atoms with Gasteiger partial charge in [-0.15, -0.1) is 0 Å². The highest BCUT2D eigenvalue weighted by molar-refractivity contribution is 5.38. The molecule has 0 amide bonds. The molecule has 0 spiro atoms. The Balaban J connectivity index is 2.57. The Morgan fingerprint density at radius 1 is 1.20 bits per heavy atom. The van der Waals surface area contributed by atoms with Crippen LogP contribution in [0.2, 0.25) is 0 Å². The summed E-state index contributed by atoms with van der Waals surface area (Å²) in [7, 11) is 0. The molecule has 0 saturated carbocycles. The normalized spacial score (nSPS) is 11.1. The lowest BCUT2D eigenvalue weighted by molar-refractivity contribution is 0.588. The third-order valence-corrected chi connectivity index (χ3v) is 1.98. The van der Waals surface area contributed by atoms with Crippen LogP contribution >= 0.6 is 0 Å². The number of aromatic nitrogens is 1. The lowest BCUT2D eigenvalue weighted by Gasteiger charge is -2.11. The molecule has 1 aromatic heterocycles. The maximum absolute atomic E-state index is 4.27. The van der Waals surface area contributed by atoms with E-state index < -0.39 is 0 Å². The van der Waals surface area contributed by atoms with Crippen molar-refractivity contribution in [2.24, 2.45) is 0 Å². The Labute approximate surface area is 92.3 Å². The topological polar surface area (TPSA) is 37.0 Å². The molecule has 1 rings (SSSR count). The molecular weight excluding hydrogens is 186 g/mol. The number of nitrogens with zero attached hydrogens (tertiary/aromatic N) is 1. The van der Waals surface area contributed by atoms with Gasteiger partial charge >= 0.3 is 0 Å². The molecule has 3 nitrogen and oxygen atoms in total. The van der Waals surface area contributed by atoms with Crippen molar-refractivity contribution in [3.8, 4) is 0 Å². The van der Waals surface area contributed by atoms with Crippen LogP contribution in [0.15, 0.2) is 18.3 Å². The number of pyridine rings is 1. The molecule has 84 valence electrons. The highest BCUT2D eigenvalue weighted by Crippen LogP contribution is 2.07. The zero-order valence-corrected chi connectivity index (χ0v) is 10.0. The van der Waals surface area contributed by atoms with Gasteiger partial charge < -0.3 is 10.6 Å². The van der Waals surface area contributed by atoms with Crippen LogP contribution in [0.1, 0.15) is 33.3 Å². The van der Waals surface area contributed by atoms with Crippen LogP contribution in [-0.4, -0.2) is 17.1 Å². The summed E-state index contributed by atoms with van der Waals surface area (Å²) in [5.74, 6) is 0.952. The Morgan fingerprint density at radius 3 is 2.53 bits per heavy atom. The second kappa shape index (κ2) is 5.71. The minimum atomic E-state index is 0.422. The highest BCUT2D eigenvalue weighted by atomic mass is 15.0. The smallest absolute Gasteiger partial charge is 0.126 e. The van der Waals surface area contributed by atoms with E-state index in [1.54, 1.807) is 0 Å². The van der Waals surface area contributed by atoms with Gasteiger partial charge in [-0.05, 0) is 31.5 Å². The van der Waals surface area contributed by atoms with E-state index in [-0.39, 0.29) is 0 Å². The Morgan fingerprint density at radius 2 is 1.93 bits per heavy atom. The van der Waals surface area contributed by atoms with Crippen LogP contribution in [0.3, 0.4) is 0 Å². The first-order valence-electron chi connectivity index (χ1n) is 5.53. The monoisotopic (exact) mass is 207 g/mol. The van der Waals surface area contributed by atoms with Crippen LogP contribution < -0.4 is 10.6 Å². The van der Waals surface area contributed by atoms with Gasteiger partial charge in [0.1, 0.15) is 5.82 Å². The van der Waals surface area contributed by atoms with Crippen LogP contribution in [0.5, 0.6) is 0 Å². The molecule has 2 N–H and O–H groups in total. The summed E-state index contributed by atoms with van der Waals surface area (Å²) in [5, 5.41) is 6.68. The van der Waals surface area contributed by atoms with Gasteiger partial charge in [0.25, 0.3) is 0 Å². The van der Waals surface area contributed by atoms with Crippen molar-refractivity contribution < 1.29 is 0 Å². The van der Waals surface area contributed by atoms with Crippen molar-refractivity contribution in [2.45, 2.75) is 46.3 Å². The molecule has 1 aromatic rings. The number of nitrogens with one attached hydrogen (secondary N) is 2. The predicted molar refractivity (Wildman–Crippen MR) is 65.0 cm³/mol. The summed E-state index contributed by atoms with van der Waals surface area (Å²) in [6.07, 6.45) is 1.85. The van der Waals surface area contributed by atoms with E-state index in [9.17, 15) is 0 Å². The van der Waals surface area contributed by atoms with Crippen LogP contribution in [0.25, 0.3) is 0 Å². The van der Waals surface area contributed by atoms with Crippen molar-refractivity contribution in [1.29, 1.82) is 0 Å². The van der Waals surface area contributed by atoms with E-state index in [0.29, 0.717) is 12.1 Å². The largest absolute Gasteiger partial charge is 0.368 e. The average molecular weight is 207 g/mol.